The Kier molecular flexibility index (Phi) is 5.08. The molecule has 6 nitrogen and oxygen atoms in total. The first-order chi connectivity index (χ1) is 14.4. The number of rotatable bonds is 5. The van der Waals surface area contributed by atoms with Crippen molar-refractivity contribution < 1.29 is 17.6 Å². The maximum absolute atomic E-state index is 14.5. The van der Waals surface area contributed by atoms with Crippen molar-refractivity contribution in [2.75, 3.05) is 6.54 Å². The smallest absolute Gasteiger partial charge is 0.329 e. The summed E-state index contributed by atoms with van der Waals surface area (Å²) in [5, 5.41) is 10.8. The quantitative estimate of drug-likeness (QED) is 0.480. The van der Waals surface area contributed by atoms with Crippen LogP contribution in [0.3, 0.4) is 0 Å². The van der Waals surface area contributed by atoms with Crippen LogP contribution in [0.2, 0.25) is 0 Å². The normalized spacial score (nSPS) is 11.8. The van der Waals surface area contributed by atoms with Crippen molar-refractivity contribution >= 4 is 0 Å². The fourth-order valence-corrected chi connectivity index (χ4v) is 3.10. The van der Waals surface area contributed by atoms with E-state index in [4.69, 9.17) is 5.73 Å². The van der Waals surface area contributed by atoms with Gasteiger partial charge in [0.25, 0.3) is 0 Å². The van der Waals surface area contributed by atoms with Crippen LogP contribution in [-0.4, -0.2) is 31.5 Å². The number of H-pyrrole nitrogens is 1. The highest BCUT2D eigenvalue weighted by molar-refractivity contribution is 5.81. The average Bonchev–Trinajstić information content (AvgIpc) is 3.38. The van der Waals surface area contributed by atoms with E-state index in [-0.39, 0.29) is 5.69 Å². The standard InChI is InChI=1S/C20H16F4N6/c21-16-5-4-12(8-14(16)13-9-27-30(11-13)7-6-25)15-10-26-29-19(15)17-2-1-3-18(28-17)20(22,23)24/h1-5,8-11H,6-7,25H2,(H,26,29). The molecule has 3 N–H and O–H groups in total. The summed E-state index contributed by atoms with van der Waals surface area (Å²) in [6.45, 7) is 0.889. The number of hydrogen-bond acceptors (Lipinski definition) is 4. The molecule has 4 rings (SSSR count). The van der Waals surface area contributed by atoms with E-state index in [1.54, 1.807) is 16.9 Å². The zero-order valence-corrected chi connectivity index (χ0v) is 15.5. The molecule has 0 atom stereocenters. The molecular weight excluding hydrogens is 400 g/mol. The Balaban J connectivity index is 1.76. The van der Waals surface area contributed by atoms with E-state index in [2.05, 4.69) is 20.3 Å². The van der Waals surface area contributed by atoms with E-state index in [1.807, 2.05) is 0 Å². The number of aromatic amines is 1. The van der Waals surface area contributed by atoms with Crippen LogP contribution in [0.4, 0.5) is 17.6 Å². The summed E-state index contributed by atoms with van der Waals surface area (Å²) >= 11 is 0. The summed E-state index contributed by atoms with van der Waals surface area (Å²) in [6, 6.07) is 8.05. The molecule has 0 fully saturated rings. The fraction of sp³-hybridized carbons (Fsp3) is 0.150. The van der Waals surface area contributed by atoms with Crippen molar-refractivity contribution in [3.8, 4) is 33.6 Å². The molecule has 0 bridgehead atoms. The monoisotopic (exact) mass is 416 g/mol. The van der Waals surface area contributed by atoms with Crippen LogP contribution < -0.4 is 5.73 Å². The number of hydrogen-bond donors (Lipinski definition) is 2. The third-order valence-electron chi connectivity index (χ3n) is 4.51. The molecule has 0 saturated carbocycles. The molecule has 0 radical (unpaired) electrons. The van der Waals surface area contributed by atoms with Crippen LogP contribution in [-0.2, 0) is 12.7 Å². The van der Waals surface area contributed by atoms with Gasteiger partial charge in [-0.15, -0.1) is 0 Å². The molecular formula is C20H16F4N6. The molecule has 154 valence electrons. The molecule has 0 unspecified atom stereocenters. The number of alkyl halides is 3. The summed E-state index contributed by atoms with van der Waals surface area (Å²) in [6.07, 6.45) is 0.108. The van der Waals surface area contributed by atoms with Crippen molar-refractivity contribution in [3.63, 3.8) is 0 Å². The van der Waals surface area contributed by atoms with Crippen molar-refractivity contribution in [3.05, 3.63) is 66.5 Å². The Labute approximate surface area is 168 Å². The molecule has 0 amide bonds. The third-order valence-corrected chi connectivity index (χ3v) is 4.51. The largest absolute Gasteiger partial charge is 0.433 e. The van der Waals surface area contributed by atoms with Gasteiger partial charge in [-0.2, -0.15) is 23.4 Å². The third kappa shape index (κ3) is 3.81. The van der Waals surface area contributed by atoms with Crippen LogP contribution in [0, 0.1) is 5.82 Å². The number of benzene rings is 1. The maximum Gasteiger partial charge on any atom is 0.433 e. The SMILES string of the molecule is NCCn1cc(-c2cc(-c3cn[nH]c3-c3cccc(C(F)(F)F)n3)ccc2F)cn1. The van der Waals surface area contributed by atoms with E-state index in [1.165, 1.54) is 36.7 Å². The predicted octanol–water partition coefficient (Wildman–Crippen LogP) is 4.12. The lowest BCUT2D eigenvalue weighted by atomic mass is 9.99. The molecule has 0 spiro atoms. The molecule has 0 aliphatic carbocycles. The van der Waals surface area contributed by atoms with E-state index in [9.17, 15) is 17.6 Å². The van der Waals surface area contributed by atoms with Crippen LogP contribution in [0.25, 0.3) is 33.6 Å². The van der Waals surface area contributed by atoms with Crippen LogP contribution >= 0.6 is 0 Å². The second-order valence-electron chi connectivity index (χ2n) is 6.54. The van der Waals surface area contributed by atoms with Gasteiger partial charge < -0.3 is 5.73 Å². The minimum atomic E-state index is -4.57. The van der Waals surface area contributed by atoms with Gasteiger partial charge in [-0.3, -0.25) is 9.78 Å². The lowest BCUT2D eigenvalue weighted by Crippen LogP contribution is -2.09. The molecule has 0 aliphatic heterocycles. The van der Waals surface area contributed by atoms with Gasteiger partial charge in [0.05, 0.1) is 30.3 Å². The minimum Gasteiger partial charge on any atom is -0.329 e. The Morgan fingerprint density at radius 3 is 2.63 bits per heavy atom. The van der Waals surface area contributed by atoms with E-state index in [0.717, 1.165) is 6.07 Å². The number of nitrogens with two attached hydrogens (primary N) is 1. The average molecular weight is 416 g/mol. The molecule has 30 heavy (non-hydrogen) atoms. The molecule has 0 aliphatic rings. The second kappa shape index (κ2) is 7.71. The molecule has 0 saturated heterocycles. The van der Waals surface area contributed by atoms with Gasteiger partial charge in [-0.05, 0) is 29.8 Å². The zero-order valence-electron chi connectivity index (χ0n) is 15.5. The van der Waals surface area contributed by atoms with Crippen molar-refractivity contribution in [2.45, 2.75) is 12.7 Å². The van der Waals surface area contributed by atoms with E-state index >= 15 is 0 Å². The van der Waals surface area contributed by atoms with Gasteiger partial charge in [0.15, 0.2) is 0 Å². The number of halogens is 4. The Bertz CT molecular complexity index is 1180. The van der Waals surface area contributed by atoms with Crippen LogP contribution in [0.15, 0.2) is 55.0 Å². The number of pyridine rings is 1. The zero-order chi connectivity index (χ0) is 21.3. The summed E-state index contributed by atoms with van der Waals surface area (Å²) in [5.41, 5.74) is 6.83. The van der Waals surface area contributed by atoms with Gasteiger partial charge in [0.2, 0.25) is 0 Å². The first kappa shape index (κ1) is 19.8. The van der Waals surface area contributed by atoms with Crippen LogP contribution in [0.5, 0.6) is 0 Å². The molecule has 1 aromatic carbocycles. The number of nitrogens with zero attached hydrogens (tertiary/aromatic N) is 4. The van der Waals surface area contributed by atoms with Crippen molar-refractivity contribution in [2.24, 2.45) is 5.73 Å². The highest BCUT2D eigenvalue weighted by atomic mass is 19.4. The first-order valence-corrected chi connectivity index (χ1v) is 8.97. The van der Waals surface area contributed by atoms with Gasteiger partial charge >= 0.3 is 6.18 Å². The Hall–Kier alpha value is -3.53. The topological polar surface area (TPSA) is 85.4 Å². The minimum absolute atomic E-state index is 0.0824. The number of aromatic nitrogens is 5. The van der Waals surface area contributed by atoms with Crippen molar-refractivity contribution in [1.82, 2.24) is 25.0 Å². The van der Waals surface area contributed by atoms with Gasteiger partial charge in [-0.1, -0.05) is 12.1 Å². The molecule has 3 heterocycles. The van der Waals surface area contributed by atoms with Gasteiger partial charge in [-0.25, -0.2) is 9.37 Å². The van der Waals surface area contributed by atoms with Gasteiger partial charge in [0, 0.05) is 29.4 Å². The lowest BCUT2D eigenvalue weighted by molar-refractivity contribution is -0.141. The van der Waals surface area contributed by atoms with Gasteiger partial charge in [0.1, 0.15) is 11.5 Å². The Morgan fingerprint density at radius 1 is 1.03 bits per heavy atom. The highest BCUT2D eigenvalue weighted by Gasteiger charge is 2.32. The maximum atomic E-state index is 14.5. The van der Waals surface area contributed by atoms with Crippen molar-refractivity contribution in [1.29, 1.82) is 0 Å². The summed E-state index contributed by atoms with van der Waals surface area (Å²) in [5.74, 6) is -0.451. The second-order valence-corrected chi connectivity index (χ2v) is 6.54. The van der Waals surface area contributed by atoms with E-state index < -0.39 is 17.7 Å². The highest BCUT2D eigenvalue weighted by Crippen LogP contribution is 2.35. The summed E-state index contributed by atoms with van der Waals surface area (Å²) < 4.78 is 55.2. The van der Waals surface area contributed by atoms with Crippen LogP contribution in [0.1, 0.15) is 5.69 Å². The van der Waals surface area contributed by atoms with E-state index in [0.29, 0.717) is 41.0 Å². The lowest BCUT2D eigenvalue weighted by Gasteiger charge is -2.09. The predicted molar refractivity (Wildman–Crippen MR) is 102 cm³/mol. The Morgan fingerprint density at radius 2 is 1.87 bits per heavy atom. The molecule has 10 heteroatoms. The first-order valence-electron chi connectivity index (χ1n) is 8.97. The summed E-state index contributed by atoms with van der Waals surface area (Å²) in [7, 11) is 0. The summed E-state index contributed by atoms with van der Waals surface area (Å²) in [4.78, 5) is 3.70. The number of nitrogens with one attached hydrogen (secondary N) is 1. The fourth-order valence-electron chi connectivity index (χ4n) is 3.10. The molecule has 3 aromatic heterocycles. The molecule has 4 aromatic rings.